The van der Waals surface area contributed by atoms with Crippen LogP contribution in [-0.2, 0) is 9.59 Å². The van der Waals surface area contributed by atoms with Gasteiger partial charge in [0.1, 0.15) is 6.54 Å². The van der Waals surface area contributed by atoms with Crippen LogP contribution in [0.15, 0.2) is 18.2 Å². The van der Waals surface area contributed by atoms with Crippen LogP contribution in [0.5, 0.6) is 0 Å². The van der Waals surface area contributed by atoms with Gasteiger partial charge in [-0.05, 0) is 31.7 Å². The summed E-state index contributed by atoms with van der Waals surface area (Å²) in [6.45, 7) is 4.38. The van der Waals surface area contributed by atoms with E-state index >= 15 is 0 Å². The highest BCUT2D eigenvalue weighted by Gasteiger charge is 2.39. The molecular formula is C21H26N4O6. The van der Waals surface area contributed by atoms with Gasteiger partial charge in [0.25, 0.3) is 17.5 Å². The number of nitro benzene ring substituents is 1. The normalized spacial score (nSPS) is 16.6. The molecule has 1 fully saturated rings. The number of carbonyl (C=O) groups is 4. The fourth-order valence-corrected chi connectivity index (χ4v) is 4.02. The minimum Gasteiger partial charge on any atom is -0.353 e. The van der Waals surface area contributed by atoms with Crippen molar-refractivity contribution in [1.29, 1.82) is 0 Å². The summed E-state index contributed by atoms with van der Waals surface area (Å²) in [7, 11) is 0. The van der Waals surface area contributed by atoms with Crippen molar-refractivity contribution in [2.24, 2.45) is 5.92 Å². The molecule has 0 spiro atoms. The van der Waals surface area contributed by atoms with Gasteiger partial charge in [0, 0.05) is 37.2 Å². The molecule has 10 heteroatoms. The molecule has 2 aliphatic heterocycles. The van der Waals surface area contributed by atoms with Gasteiger partial charge in [-0.3, -0.25) is 34.2 Å². The van der Waals surface area contributed by atoms with Gasteiger partial charge in [0.05, 0.1) is 16.1 Å². The maximum absolute atomic E-state index is 12.7. The molecule has 1 aromatic rings. The lowest BCUT2D eigenvalue weighted by molar-refractivity contribution is -0.384. The number of rotatable bonds is 7. The average molecular weight is 430 g/mol. The van der Waals surface area contributed by atoms with E-state index < -0.39 is 23.3 Å². The molecule has 0 aliphatic carbocycles. The van der Waals surface area contributed by atoms with Gasteiger partial charge in [-0.2, -0.15) is 0 Å². The largest absolute Gasteiger partial charge is 0.353 e. The maximum Gasteiger partial charge on any atom is 0.270 e. The molecule has 2 aliphatic rings. The van der Waals surface area contributed by atoms with Gasteiger partial charge in [0.15, 0.2) is 0 Å². The lowest BCUT2D eigenvalue weighted by Gasteiger charge is -2.33. The standard InChI is InChI=1S/C21H26N4O6/c1-3-13(4-2)19(27)22-14-7-9-23(10-8-14)18(26)12-24-20(28)16-6-5-15(25(30)31)11-17(16)21(24)29/h5-6,11,13-14H,3-4,7-10,12H2,1-2H3,(H,22,27). The van der Waals surface area contributed by atoms with Crippen molar-refractivity contribution in [2.75, 3.05) is 19.6 Å². The summed E-state index contributed by atoms with van der Waals surface area (Å²) in [5, 5.41) is 14.0. The number of hydrogen-bond donors (Lipinski definition) is 1. The number of carbonyl (C=O) groups excluding carboxylic acids is 4. The minimum atomic E-state index is -0.704. The summed E-state index contributed by atoms with van der Waals surface area (Å²) >= 11 is 0. The first-order valence-electron chi connectivity index (χ1n) is 10.5. The highest BCUT2D eigenvalue weighted by molar-refractivity contribution is 6.22. The Kier molecular flexibility index (Phi) is 6.67. The Balaban J connectivity index is 1.57. The second-order valence-corrected chi connectivity index (χ2v) is 7.86. The highest BCUT2D eigenvalue weighted by atomic mass is 16.6. The summed E-state index contributed by atoms with van der Waals surface area (Å²) in [4.78, 5) is 62.7. The van der Waals surface area contributed by atoms with E-state index in [2.05, 4.69) is 5.32 Å². The van der Waals surface area contributed by atoms with E-state index in [9.17, 15) is 29.3 Å². The number of amides is 4. The van der Waals surface area contributed by atoms with Crippen LogP contribution in [0, 0.1) is 16.0 Å². The number of likely N-dealkylation sites (tertiary alicyclic amines) is 1. The smallest absolute Gasteiger partial charge is 0.270 e. The zero-order valence-electron chi connectivity index (χ0n) is 17.6. The Labute approximate surface area is 179 Å². The zero-order chi connectivity index (χ0) is 22.7. The van der Waals surface area contributed by atoms with Gasteiger partial charge >= 0.3 is 0 Å². The SMILES string of the molecule is CCC(CC)C(=O)NC1CCN(C(=O)CN2C(=O)c3ccc([N+](=O)[O-])cc3C2=O)CC1. The first kappa shape index (κ1) is 22.4. The predicted molar refractivity (Wildman–Crippen MR) is 110 cm³/mol. The van der Waals surface area contributed by atoms with Crippen molar-refractivity contribution in [3.05, 3.63) is 39.4 Å². The van der Waals surface area contributed by atoms with E-state index in [1.807, 2.05) is 13.8 Å². The summed E-state index contributed by atoms with van der Waals surface area (Å²) in [6.07, 6.45) is 2.77. The van der Waals surface area contributed by atoms with Crippen LogP contribution in [0.3, 0.4) is 0 Å². The lowest BCUT2D eigenvalue weighted by atomic mass is 9.99. The number of piperidine rings is 1. The monoisotopic (exact) mass is 430 g/mol. The van der Waals surface area contributed by atoms with E-state index in [1.54, 1.807) is 4.90 Å². The van der Waals surface area contributed by atoms with Crippen LogP contribution < -0.4 is 5.32 Å². The molecule has 0 unspecified atom stereocenters. The highest BCUT2D eigenvalue weighted by Crippen LogP contribution is 2.27. The van der Waals surface area contributed by atoms with Crippen molar-refractivity contribution in [3.8, 4) is 0 Å². The molecular weight excluding hydrogens is 404 g/mol. The molecule has 1 saturated heterocycles. The molecule has 0 aromatic heterocycles. The third kappa shape index (κ3) is 4.57. The van der Waals surface area contributed by atoms with Crippen molar-refractivity contribution in [2.45, 2.75) is 45.6 Å². The Bertz CT molecular complexity index is 918. The molecule has 1 N–H and O–H groups in total. The Morgan fingerprint density at radius 3 is 2.32 bits per heavy atom. The van der Waals surface area contributed by atoms with Crippen LogP contribution in [0.2, 0.25) is 0 Å². The molecule has 1 aromatic carbocycles. The van der Waals surface area contributed by atoms with E-state index in [0.29, 0.717) is 25.9 Å². The van der Waals surface area contributed by atoms with Crippen molar-refractivity contribution in [3.63, 3.8) is 0 Å². The fraction of sp³-hybridized carbons (Fsp3) is 0.524. The van der Waals surface area contributed by atoms with Crippen molar-refractivity contribution in [1.82, 2.24) is 15.1 Å². The summed E-state index contributed by atoms with van der Waals surface area (Å²) in [5.41, 5.74) is -0.286. The van der Waals surface area contributed by atoms with Gasteiger partial charge in [-0.1, -0.05) is 13.8 Å². The maximum atomic E-state index is 12.7. The second-order valence-electron chi connectivity index (χ2n) is 7.86. The number of benzene rings is 1. The third-order valence-electron chi connectivity index (χ3n) is 6.01. The van der Waals surface area contributed by atoms with Gasteiger partial charge in [-0.25, -0.2) is 0 Å². The summed E-state index contributed by atoms with van der Waals surface area (Å²) < 4.78 is 0. The predicted octanol–water partition coefficient (Wildman–Crippen LogP) is 1.73. The lowest BCUT2D eigenvalue weighted by Crippen LogP contribution is -2.50. The van der Waals surface area contributed by atoms with Gasteiger partial charge < -0.3 is 10.2 Å². The molecule has 0 saturated carbocycles. The molecule has 0 atom stereocenters. The molecule has 4 amide bonds. The van der Waals surface area contributed by atoms with Crippen LogP contribution >= 0.6 is 0 Å². The van der Waals surface area contributed by atoms with Crippen LogP contribution in [-0.4, -0.2) is 64.0 Å². The van der Waals surface area contributed by atoms with E-state index in [4.69, 9.17) is 0 Å². The van der Waals surface area contributed by atoms with E-state index in [0.717, 1.165) is 29.9 Å². The number of hydrogen-bond acceptors (Lipinski definition) is 6. The Morgan fingerprint density at radius 1 is 1.13 bits per heavy atom. The number of non-ortho nitro benzene ring substituents is 1. The van der Waals surface area contributed by atoms with Crippen molar-refractivity contribution >= 4 is 29.3 Å². The number of nitro groups is 1. The van der Waals surface area contributed by atoms with Crippen LogP contribution in [0.1, 0.15) is 60.2 Å². The molecule has 166 valence electrons. The first-order chi connectivity index (χ1) is 14.8. The number of nitrogens with one attached hydrogen (secondary N) is 1. The zero-order valence-corrected chi connectivity index (χ0v) is 17.6. The molecule has 3 rings (SSSR count). The van der Waals surface area contributed by atoms with Crippen molar-refractivity contribution < 1.29 is 24.1 Å². The number of nitrogens with zero attached hydrogens (tertiary/aromatic N) is 3. The Morgan fingerprint density at radius 2 is 1.74 bits per heavy atom. The topological polar surface area (TPSA) is 130 Å². The number of fused-ring (bicyclic) bond motifs is 1. The van der Waals surface area contributed by atoms with E-state index in [1.165, 1.54) is 6.07 Å². The second kappa shape index (κ2) is 9.23. The average Bonchev–Trinajstić information content (AvgIpc) is 2.99. The molecule has 0 bridgehead atoms. The first-order valence-corrected chi connectivity index (χ1v) is 10.5. The van der Waals surface area contributed by atoms with Crippen LogP contribution in [0.4, 0.5) is 5.69 Å². The Hall–Kier alpha value is -3.30. The number of imide groups is 1. The van der Waals surface area contributed by atoms with Gasteiger partial charge in [-0.15, -0.1) is 0 Å². The molecule has 31 heavy (non-hydrogen) atoms. The fourth-order valence-electron chi connectivity index (χ4n) is 4.02. The summed E-state index contributed by atoms with van der Waals surface area (Å²) in [5.74, 6) is -1.67. The van der Waals surface area contributed by atoms with Gasteiger partial charge in [0.2, 0.25) is 11.8 Å². The quantitative estimate of drug-likeness (QED) is 0.398. The van der Waals surface area contributed by atoms with E-state index in [-0.39, 0.29) is 40.6 Å². The third-order valence-corrected chi connectivity index (χ3v) is 6.01. The molecule has 0 radical (unpaired) electrons. The summed E-state index contributed by atoms with van der Waals surface area (Å²) in [6, 6.07) is 3.47. The molecule has 2 heterocycles. The minimum absolute atomic E-state index is 0.00277. The molecule has 10 nitrogen and oxygen atoms in total. The van der Waals surface area contributed by atoms with Crippen LogP contribution in [0.25, 0.3) is 0 Å².